The predicted molar refractivity (Wildman–Crippen MR) is 109 cm³/mol. The van der Waals surface area contributed by atoms with E-state index in [0.717, 1.165) is 67.4 Å². The first-order chi connectivity index (χ1) is 13.7. The summed E-state index contributed by atoms with van der Waals surface area (Å²) in [6.45, 7) is 8.00. The van der Waals surface area contributed by atoms with Gasteiger partial charge in [0.2, 0.25) is 0 Å². The van der Waals surface area contributed by atoms with Crippen molar-refractivity contribution < 1.29 is 4.74 Å². The van der Waals surface area contributed by atoms with Crippen molar-refractivity contribution in [2.75, 3.05) is 13.2 Å². The van der Waals surface area contributed by atoms with Gasteiger partial charge in [-0.1, -0.05) is 12.1 Å². The summed E-state index contributed by atoms with van der Waals surface area (Å²) in [4.78, 5) is 4.77. The summed E-state index contributed by atoms with van der Waals surface area (Å²) in [6.07, 6.45) is 4.77. The second-order valence-electron chi connectivity index (χ2n) is 7.70. The van der Waals surface area contributed by atoms with Crippen LogP contribution in [0, 0.1) is 12.8 Å². The Morgan fingerprint density at radius 3 is 3.00 bits per heavy atom. The second-order valence-corrected chi connectivity index (χ2v) is 7.70. The summed E-state index contributed by atoms with van der Waals surface area (Å²) in [5.41, 5.74) is 2.33. The number of hydrogen-bond donors (Lipinski definition) is 2. The number of benzene rings is 1. The van der Waals surface area contributed by atoms with Crippen LogP contribution in [0.1, 0.15) is 49.0 Å². The Morgan fingerprint density at radius 1 is 1.29 bits per heavy atom. The summed E-state index contributed by atoms with van der Waals surface area (Å²) in [6, 6.07) is 6.36. The lowest BCUT2D eigenvalue weighted by molar-refractivity contribution is 0.296. The molecule has 2 heterocycles. The van der Waals surface area contributed by atoms with Crippen molar-refractivity contribution in [2.45, 2.75) is 59.2 Å². The van der Waals surface area contributed by atoms with Gasteiger partial charge in [-0.15, -0.1) is 10.2 Å². The standard InChI is InChI=1S/C21H30N6O/c1-3-22-21(24-13-20-26-25-19-5-4-10-27(19)20)23-12-17-9-6-15(2)11-18(17)28-14-16-7-8-16/h6,9,11,16H,3-5,7-8,10,12-14H2,1-2H3,(H2,22,23,24). The van der Waals surface area contributed by atoms with E-state index in [1.165, 1.54) is 18.4 Å². The van der Waals surface area contributed by atoms with Gasteiger partial charge in [-0.05, 0) is 50.7 Å². The molecular weight excluding hydrogens is 352 g/mol. The molecule has 0 saturated heterocycles. The molecule has 1 saturated carbocycles. The number of nitrogens with one attached hydrogen (secondary N) is 2. The number of aromatic nitrogens is 3. The Bertz CT molecular complexity index is 839. The van der Waals surface area contributed by atoms with Crippen molar-refractivity contribution in [3.8, 4) is 5.75 Å². The third-order valence-corrected chi connectivity index (χ3v) is 5.25. The van der Waals surface area contributed by atoms with Crippen molar-refractivity contribution in [3.63, 3.8) is 0 Å². The molecule has 1 aliphatic heterocycles. The van der Waals surface area contributed by atoms with E-state index in [0.29, 0.717) is 13.1 Å². The van der Waals surface area contributed by atoms with Crippen LogP contribution in [0.15, 0.2) is 23.2 Å². The molecule has 2 N–H and O–H groups in total. The molecule has 0 unspecified atom stereocenters. The van der Waals surface area contributed by atoms with E-state index < -0.39 is 0 Å². The molecule has 1 aromatic carbocycles. The lowest BCUT2D eigenvalue weighted by Crippen LogP contribution is -2.37. The zero-order valence-electron chi connectivity index (χ0n) is 16.9. The van der Waals surface area contributed by atoms with Crippen molar-refractivity contribution >= 4 is 5.96 Å². The topological polar surface area (TPSA) is 76.4 Å². The number of aryl methyl sites for hydroxylation is 2. The number of ether oxygens (including phenoxy) is 1. The fraction of sp³-hybridized carbons (Fsp3) is 0.571. The van der Waals surface area contributed by atoms with Gasteiger partial charge in [0.15, 0.2) is 11.8 Å². The van der Waals surface area contributed by atoms with Gasteiger partial charge in [-0.25, -0.2) is 4.99 Å². The number of hydrogen-bond acceptors (Lipinski definition) is 4. The Kier molecular flexibility index (Phi) is 5.78. The van der Waals surface area contributed by atoms with Crippen LogP contribution < -0.4 is 15.4 Å². The van der Waals surface area contributed by atoms with E-state index in [2.05, 4.69) is 57.4 Å². The van der Waals surface area contributed by atoms with E-state index in [1.807, 2.05) is 0 Å². The molecule has 7 heteroatoms. The molecule has 0 spiro atoms. The highest BCUT2D eigenvalue weighted by Gasteiger charge is 2.22. The molecule has 7 nitrogen and oxygen atoms in total. The van der Waals surface area contributed by atoms with E-state index in [4.69, 9.17) is 9.73 Å². The zero-order valence-corrected chi connectivity index (χ0v) is 16.9. The van der Waals surface area contributed by atoms with Gasteiger partial charge in [0, 0.05) is 25.1 Å². The summed E-state index contributed by atoms with van der Waals surface area (Å²) >= 11 is 0. The quantitative estimate of drug-likeness (QED) is 0.542. The summed E-state index contributed by atoms with van der Waals surface area (Å²) in [7, 11) is 0. The molecule has 2 aromatic rings. The Hall–Kier alpha value is -2.57. The van der Waals surface area contributed by atoms with E-state index >= 15 is 0 Å². The van der Waals surface area contributed by atoms with Gasteiger partial charge in [-0.2, -0.15) is 0 Å². The molecule has 0 bridgehead atoms. The highest BCUT2D eigenvalue weighted by Crippen LogP contribution is 2.31. The van der Waals surface area contributed by atoms with Crippen LogP contribution in [0.3, 0.4) is 0 Å². The molecule has 0 amide bonds. The molecular formula is C21H30N6O. The molecule has 0 radical (unpaired) electrons. The summed E-state index contributed by atoms with van der Waals surface area (Å²) < 4.78 is 8.28. The van der Waals surface area contributed by atoms with E-state index in [9.17, 15) is 0 Å². The first kappa shape index (κ1) is 18.8. The molecule has 1 fully saturated rings. The summed E-state index contributed by atoms with van der Waals surface area (Å²) in [5, 5.41) is 15.3. The average molecular weight is 383 g/mol. The van der Waals surface area contributed by atoms with Crippen molar-refractivity contribution in [2.24, 2.45) is 10.9 Å². The van der Waals surface area contributed by atoms with Crippen LogP contribution in [0.2, 0.25) is 0 Å². The monoisotopic (exact) mass is 382 g/mol. The minimum absolute atomic E-state index is 0.577. The van der Waals surface area contributed by atoms with Gasteiger partial charge in [0.05, 0.1) is 19.7 Å². The Labute approximate surface area is 166 Å². The third-order valence-electron chi connectivity index (χ3n) is 5.25. The number of aliphatic imine (C=N–C) groups is 1. The maximum atomic E-state index is 6.07. The Balaban J connectivity index is 1.41. The summed E-state index contributed by atoms with van der Waals surface area (Å²) in [5.74, 6) is 4.55. The van der Waals surface area contributed by atoms with Gasteiger partial charge in [-0.3, -0.25) is 0 Å². The first-order valence-electron chi connectivity index (χ1n) is 10.4. The Morgan fingerprint density at radius 2 is 2.18 bits per heavy atom. The maximum absolute atomic E-state index is 6.07. The van der Waals surface area contributed by atoms with Crippen LogP contribution in [0.25, 0.3) is 0 Å². The van der Waals surface area contributed by atoms with E-state index in [-0.39, 0.29) is 0 Å². The van der Waals surface area contributed by atoms with Crippen molar-refractivity contribution in [3.05, 3.63) is 41.0 Å². The number of nitrogens with zero attached hydrogens (tertiary/aromatic N) is 4. The lowest BCUT2D eigenvalue weighted by Gasteiger charge is -2.13. The van der Waals surface area contributed by atoms with Crippen molar-refractivity contribution in [1.82, 2.24) is 25.4 Å². The van der Waals surface area contributed by atoms with Crippen LogP contribution in [0.5, 0.6) is 5.75 Å². The molecule has 1 aromatic heterocycles. The minimum atomic E-state index is 0.577. The third kappa shape index (κ3) is 4.64. The van der Waals surface area contributed by atoms with Crippen LogP contribution >= 0.6 is 0 Å². The van der Waals surface area contributed by atoms with Crippen molar-refractivity contribution in [1.29, 1.82) is 0 Å². The predicted octanol–water partition coefficient (Wildman–Crippen LogP) is 2.58. The molecule has 150 valence electrons. The molecule has 1 aliphatic carbocycles. The van der Waals surface area contributed by atoms with E-state index in [1.54, 1.807) is 0 Å². The maximum Gasteiger partial charge on any atom is 0.191 e. The second kappa shape index (κ2) is 8.63. The first-order valence-corrected chi connectivity index (χ1v) is 10.4. The highest BCUT2D eigenvalue weighted by atomic mass is 16.5. The van der Waals surface area contributed by atoms with Crippen LogP contribution in [0.4, 0.5) is 0 Å². The van der Waals surface area contributed by atoms with Gasteiger partial charge < -0.3 is 19.9 Å². The van der Waals surface area contributed by atoms with Gasteiger partial charge in [0.1, 0.15) is 11.6 Å². The number of guanidine groups is 1. The SMILES string of the molecule is CCNC(=NCc1ccc(C)cc1OCC1CC1)NCc1nnc2n1CCC2. The zero-order chi connectivity index (χ0) is 19.3. The molecule has 2 aliphatic rings. The molecule has 28 heavy (non-hydrogen) atoms. The largest absolute Gasteiger partial charge is 0.493 e. The normalized spacial score (nSPS) is 16.1. The highest BCUT2D eigenvalue weighted by molar-refractivity contribution is 5.79. The molecule has 4 rings (SSSR count). The van der Waals surface area contributed by atoms with Gasteiger partial charge in [0.25, 0.3) is 0 Å². The van der Waals surface area contributed by atoms with Gasteiger partial charge >= 0.3 is 0 Å². The minimum Gasteiger partial charge on any atom is -0.493 e. The fourth-order valence-electron chi connectivity index (χ4n) is 3.43. The smallest absolute Gasteiger partial charge is 0.191 e. The van der Waals surface area contributed by atoms with Crippen LogP contribution in [-0.2, 0) is 26.1 Å². The number of rotatable bonds is 8. The number of fused-ring (bicyclic) bond motifs is 1. The molecule has 0 atom stereocenters. The van der Waals surface area contributed by atoms with Crippen LogP contribution in [-0.4, -0.2) is 33.9 Å². The fourth-order valence-corrected chi connectivity index (χ4v) is 3.43. The average Bonchev–Trinajstić information content (AvgIpc) is 3.26. The lowest BCUT2D eigenvalue weighted by atomic mass is 10.1.